The fraction of sp³-hybridized carbons (Fsp3) is 0.812. The quantitative estimate of drug-likeness (QED) is 0.868. The van der Waals surface area contributed by atoms with Crippen molar-refractivity contribution in [2.24, 2.45) is 5.41 Å². The number of piperidine rings is 1. The van der Waals surface area contributed by atoms with E-state index in [0.29, 0.717) is 11.5 Å². The molecule has 1 fully saturated rings. The minimum atomic E-state index is 0.450. The lowest BCUT2D eigenvalue weighted by molar-refractivity contribution is 0.136. The smallest absolute Gasteiger partial charge is 0.0762 e. The van der Waals surface area contributed by atoms with E-state index in [9.17, 15) is 0 Å². The molecule has 20 heavy (non-hydrogen) atoms. The molecule has 2 heterocycles. The van der Waals surface area contributed by atoms with Crippen molar-refractivity contribution in [2.45, 2.75) is 52.6 Å². The zero-order valence-electron chi connectivity index (χ0n) is 13.5. The van der Waals surface area contributed by atoms with Gasteiger partial charge in [0.25, 0.3) is 0 Å². The van der Waals surface area contributed by atoms with Gasteiger partial charge in [0.15, 0.2) is 0 Å². The highest BCUT2D eigenvalue weighted by Gasteiger charge is 2.28. The van der Waals surface area contributed by atoms with Gasteiger partial charge in [-0.25, -0.2) is 0 Å². The Morgan fingerprint density at radius 3 is 2.75 bits per heavy atom. The maximum atomic E-state index is 4.64. The standard InChI is InChI=1S/C16H30N4/c1-5-14(2)20-9-6-15(18-20)12-17-13-16(3)7-10-19(4)11-8-16/h6,9,14,17H,5,7-8,10-13H2,1-4H3. The van der Waals surface area contributed by atoms with Crippen LogP contribution in [0.3, 0.4) is 0 Å². The molecule has 0 amide bonds. The lowest BCUT2D eigenvalue weighted by Gasteiger charge is -2.38. The Morgan fingerprint density at radius 2 is 2.10 bits per heavy atom. The van der Waals surface area contributed by atoms with Crippen LogP contribution in [0.1, 0.15) is 51.8 Å². The number of nitrogens with zero attached hydrogens (tertiary/aromatic N) is 3. The number of likely N-dealkylation sites (tertiary alicyclic amines) is 1. The Labute approximate surface area is 123 Å². The Morgan fingerprint density at radius 1 is 1.40 bits per heavy atom. The molecule has 1 aromatic rings. The van der Waals surface area contributed by atoms with Gasteiger partial charge in [0.1, 0.15) is 0 Å². The van der Waals surface area contributed by atoms with E-state index >= 15 is 0 Å². The Hall–Kier alpha value is -0.870. The van der Waals surface area contributed by atoms with Crippen molar-refractivity contribution in [2.75, 3.05) is 26.7 Å². The maximum absolute atomic E-state index is 4.64. The molecular weight excluding hydrogens is 248 g/mol. The summed E-state index contributed by atoms with van der Waals surface area (Å²) in [4.78, 5) is 2.43. The number of nitrogens with one attached hydrogen (secondary N) is 1. The minimum Gasteiger partial charge on any atom is -0.311 e. The van der Waals surface area contributed by atoms with Gasteiger partial charge in [-0.2, -0.15) is 5.10 Å². The monoisotopic (exact) mass is 278 g/mol. The number of hydrogen-bond donors (Lipinski definition) is 1. The highest BCUT2D eigenvalue weighted by molar-refractivity contribution is 4.99. The van der Waals surface area contributed by atoms with E-state index in [1.807, 2.05) is 0 Å². The van der Waals surface area contributed by atoms with Crippen LogP contribution >= 0.6 is 0 Å². The van der Waals surface area contributed by atoms with Gasteiger partial charge < -0.3 is 10.2 Å². The molecule has 0 aromatic carbocycles. The summed E-state index contributed by atoms with van der Waals surface area (Å²) in [6, 6.07) is 2.63. The number of hydrogen-bond acceptors (Lipinski definition) is 3. The van der Waals surface area contributed by atoms with E-state index < -0.39 is 0 Å². The molecule has 0 radical (unpaired) electrons. The molecule has 4 heteroatoms. The lowest BCUT2D eigenvalue weighted by atomic mass is 9.80. The minimum absolute atomic E-state index is 0.450. The molecule has 4 nitrogen and oxygen atoms in total. The van der Waals surface area contributed by atoms with E-state index in [1.54, 1.807) is 0 Å². The van der Waals surface area contributed by atoms with E-state index in [1.165, 1.54) is 25.9 Å². The molecule has 1 unspecified atom stereocenters. The molecule has 1 aromatic heterocycles. The van der Waals surface area contributed by atoms with Gasteiger partial charge in [0.2, 0.25) is 0 Å². The molecule has 1 aliphatic heterocycles. The van der Waals surface area contributed by atoms with Gasteiger partial charge in [-0.1, -0.05) is 13.8 Å². The van der Waals surface area contributed by atoms with Gasteiger partial charge in [0, 0.05) is 25.3 Å². The Kier molecular flexibility index (Phi) is 5.22. The first-order valence-corrected chi connectivity index (χ1v) is 7.96. The topological polar surface area (TPSA) is 33.1 Å². The zero-order valence-corrected chi connectivity index (χ0v) is 13.5. The number of rotatable bonds is 6. The Bertz CT molecular complexity index is 404. The first kappa shape index (κ1) is 15.5. The van der Waals surface area contributed by atoms with Gasteiger partial charge >= 0.3 is 0 Å². The molecular formula is C16H30N4. The van der Waals surface area contributed by atoms with Crippen LogP contribution in [-0.4, -0.2) is 41.4 Å². The van der Waals surface area contributed by atoms with Crippen LogP contribution in [0.15, 0.2) is 12.3 Å². The number of aromatic nitrogens is 2. The summed E-state index contributed by atoms with van der Waals surface area (Å²) in [6.45, 7) is 11.2. The average molecular weight is 278 g/mol. The second-order valence-electron chi connectivity index (χ2n) is 6.76. The maximum Gasteiger partial charge on any atom is 0.0762 e. The molecule has 1 aliphatic rings. The van der Waals surface area contributed by atoms with Crippen molar-refractivity contribution in [3.8, 4) is 0 Å². The molecule has 2 rings (SSSR count). The summed E-state index contributed by atoms with van der Waals surface area (Å²) in [5.41, 5.74) is 1.60. The van der Waals surface area contributed by atoms with Crippen molar-refractivity contribution < 1.29 is 0 Å². The van der Waals surface area contributed by atoms with Gasteiger partial charge in [-0.15, -0.1) is 0 Å². The molecule has 0 saturated carbocycles. The predicted molar refractivity (Wildman–Crippen MR) is 83.8 cm³/mol. The lowest BCUT2D eigenvalue weighted by Crippen LogP contribution is -2.41. The van der Waals surface area contributed by atoms with Crippen molar-refractivity contribution >= 4 is 0 Å². The van der Waals surface area contributed by atoms with Crippen LogP contribution in [0, 0.1) is 5.41 Å². The summed E-state index contributed by atoms with van der Waals surface area (Å²) in [7, 11) is 2.22. The predicted octanol–water partition coefficient (Wildman–Crippen LogP) is 2.68. The highest BCUT2D eigenvalue weighted by atomic mass is 15.3. The normalized spacial score (nSPS) is 21.0. The van der Waals surface area contributed by atoms with E-state index in [-0.39, 0.29) is 0 Å². The molecule has 1 N–H and O–H groups in total. The van der Waals surface area contributed by atoms with Crippen molar-refractivity contribution in [3.63, 3.8) is 0 Å². The second kappa shape index (κ2) is 6.72. The SMILES string of the molecule is CCC(C)n1ccc(CNCC2(C)CCN(C)CC2)n1. The van der Waals surface area contributed by atoms with Crippen LogP contribution in [0.5, 0.6) is 0 Å². The zero-order chi connectivity index (χ0) is 14.6. The fourth-order valence-corrected chi connectivity index (χ4v) is 2.73. The first-order chi connectivity index (χ1) is 9.52. The van der Waals surface area contributed by atoms with Gasteiger partial charge in [0.05, 0.1) is 5.69 Å². The highest BCUT2D eigenvalue weighted by Crippen LogP contribution is 2.29. The van der Waals surface area contributed by atoms with Gasteiger partial charge in [-0.3, -0.25) is 4.68 Å². The third kappa shape index (κ3) is 4.06. The summed E-state index contributed by atoms with van der Waals surface area (Å²) < 4.78 is 2.08. The van der Waals surface area contributed by atoms with Crippen LogP contribution in [-0.2, 0) is 6.54 Å². The summed E-state index contributed by atoms with van der Waals surface area (Å²) in [6.07, 6.45) is 5.80. The summed E-state index contributed by atoms with van der Waals surface area (Å²) >= 11 is 0. The molecule has 1 saturated heterocycles. The van der Waals surface area contributed by atoms with Crippen molar-refractivity contribution in [1.82, 2.24) is 20.0 Å². The molecule has 0 bridgehead atoms. The third-order valence-electron chi connectivity index (χ3n) is 4.76. The van der Waals surface area contributed by atoms with Crippen LogP contribution in [0.4, 0.5) is 0 Å². The summed E-state index contributed by atoms with van der Waals surface area (Å²) in [5.74, 6) is 0. The van der Waals surface area contributed by atoms with Gasteiger partial charge in [-0.05, 0) is 57.8 Å². The molecule has 1 atom stereocenters. The van der Waals surface area contributed by atoms with E-state index in [2.05, 4.69) is 60.1 Å². The van der Waals surface area contributed by atoms with Crippen LogP contribution in [0.25, 0.3) is 0 Å². The fourth-order valence-electron chi connectivity index (χ4n) is 2.73. The van der Waals surface area contributed by atoms with Crippen molar-refractivity contribution in [1.29, 1.82) is 0 Å². The van der Waals surface area contributed by atoms with E-state index in [0.717, 1.165) is 25.2 Å². The van der Waals surface area contributed by atoms with Crippen LogP contribution < -0.4 is 5.32 Å². The largest absolute Gasteiger partial charge is 0.311 e. The second-order valence-corrected chi connectivity index (χ2v) is 6.76. The van der Waals surface area contributed by atoms with Crippen LogP contribution in [0.2, 0.25) is 0 Å². The first-order valence-electron chi connectivity index (χ1n) is 7.96. The third-order valence-corrected chi connectivity index (χ3v) is 4.76. The Balaban J connectivity index is 1.77. The molecule has 0 spiro atoms. The molecule has 114 valence electrons. The molecule has 0 aliphatic carbocycles. The van der Waals surface area contributed by atoms with Crippen molar-refractivity contribution in [3.05, 3.63) is 18.0 Å². The summed E-state index contributed by atoms with van der Waals surface area (Å²) in [5, 5.41) is 8.25. The average Bonchev–Trinajstić information content (AvgIpc) is 2.90. The van der Waals surface area contributed by atoms with E-state index in [4.69, 9.17) is 0 Å².